The molecule has 28 heavy (non-hydrogen) atoms. The Bertz CT molecular complexity index is 935. The highest BCUT2D eigenvalue weighted by molar-refractivity contribution is 7.89. The first-order valence-corrected chi connectivity index (χ1v) is 10.4. The molecule has 0 aliphatic carbocycles. The van der Waals surface area contributed by atoms with Gasteiger partial charge in [-0.15, -0.1) is 0 Å². The number of aromatic nitrogens is 2. The Morgan fingerprint density at radius 2 is 1.71 bits per heavy atom. The number of amides is 1. The summed E-state index contributed by atoms with van der Waals surface area (Å²) in [6.07, 6.45) is 4.52. The molecule has 0 bridgehead atoms. The average molecular weight is 402 g/mol. The molecule has 8 nitrogen and oxygen atoms in total. The first-order valence-electron chi connectivity index (χ1n) is 8.92. The third kappa shape index (κ3) is 4.20. The molecular formula is C19H22N4O4S. The zero-order valence-electron chi connectivity index (χ0n) is 15.6. The van der Waals surface area contributed by atoms with Crippen molar-refractivity contribution >= 4 is 15.9 Å². The number of piperazine rings is 1. The number of carbonyl (C=O) groups excluding carboxylic acids is 1. The van der Waals surface area contributed by atoms with E-state index in [1.807, 2.05) is 6.92 Å². The maximum absolute atomic E-state index is 12.9. The minimum atomic E-state index is -3.61. The monoisotopic (exact) mass is 402 g/mol. The Morgan fingerprint density at radius 1 is 1.11 bits per heavy atom. The van der Waals surface area contributed by atoms with Crippen LogP contribution in [-0.4, -0.2) is 66.3 Å². The van der Waals surface area contributed by atoms with Crippen LogP contribution in [0.3, 0.4) is 0 Å². The van der Waals surface area contributed by atoms with E-state index >= 15 is 0 Å². The van der Waals surface area contributed by atoms with Crippen molar-refractivity contribution < 1.29 is 17.9 Å². The van der Waals surface area contributed by atoms with E-state index < -0.39 is 10.0 Å². The number of hydrogen-bond donors (Lipinski definition) is 0. The van der Waals surface area contributed by atoms with Gasteiger partial charge >= 0.3 is 6.01 Å². The molecule has 1 fully saturated rings. The summed E-state index contributed by atoms with van der Waals surface area (Å²) in [5.74, 6) is -0.182. The largest absolute Gasteiger partial charge is 0.464 e. The minimum absolute atomic E-state index is 0.182. The molecule has 1 saturated heterocycles. The van der Waals surface area contributed by atoms with E-state index in [1.165, 1.54) is 10.4 Å². The summed E-state index contributed by atoms with van der Waals surface area (Å²) in [5, 5.41) is 0. The van der Waals surface area contributed by atoms with Crippen LogP contribution >= 0.6 is 0 Å². The lowest BCUT2D eigenvalue weighted by atomic mass is 10.1. The summed E-state index contributed by atoms with van der Waals surface area (Å²) in [4.78, 5) is 21.7. The second-order valence-electron chi connectivity index (χ2n) is 6.15. The first-order chi connectivity index (χ1) is 13.5. The molecule has 0 N–H and O–H groups in total. The standard InChI is InChI=1S/C19H22N4O4S/c1-3-18(24)22-9-11-23(12-10-22)28(25,26)17-7-5-15(6-8-17)16-13-20-19(21-14-16)27-4-2/h3,5-8,13-14H,1,4,9-12H2,2H3. The van der Waals surface area contributed by atoms with E-state index in [9.17, 15) is 13.2 Å². The maximum atomic E-state index is 12.9. The van der Waals surface area contributed by atoms with Crippen molar-refractivity contribution in [1.29, 1.82) is 0 Å². The molecular weight excluding hydrogens is 380 g/mol. The minimum Gasteiger partial charge on any atom is -0.464 e. The van der Waals surface area contributed by atoms with Gasteiger partial charge in [0, 0.05) is 44.1 Å². The quantitative estimate of drug-likeness (QED) is 0.681. The van der Waals surface area contributed by atoms with Gasteiger partial charge in [-0.1, -0.05) is 18.7 Å². The summed E-state index contributed by atoms with van der Waals surface area (Å²) in [7, 11) is -3.61. The number of carbonyl (C=O) groups is 1. The number of nitrogens with zero attached hydrogens (tertiary/aromatic N) is 4. The lowest BCUT2D eigenvalue weighted by Gasteiger charge is -2.33. The molecule has 2 heterocycles. The number of sulfonamides is 1. The summed E-state index contributed by atoms with van der Waals surface area (Å²) in [6, 6.07) is 6.90. The van der Waals surface area contributed by atoms with Crippen molar-refractivity contribution in [3.05, 3.63) is 49.3 Å². The Balaban J connectivity index is 1.72. The van der Waals surface area contributed by atoms with Gasteiger partial charge in [0.25, 0.3) is 0 Å². The molecule has 0 spiro atoms. The van der Waals surface area contributed by atoms with E-state index in [2.05, 4.69) is 16.5 Å². The van der Waals surface area contributed by atoms with Crippen molar-refractivity contribution in [2.75, 3.05) is 32.8 Å². The van der Waals surface area contributed by atoms with Gasteiger partial charge in [-0.25, -0.2) is 18.4 Å². The fourth-order valence-corrected chi connectivity index (χ4v) is 4.34. The summed E-state index contributed by atoms with van der Waals surface area (Å²) < 4.78 is 32.3. The van der Waals surface area contributed by atoms with Crippen LogP contribution in [0.4, 0.5) is 0 Å². The lowest BCUT2D eigenvalue weighted by Crippen LogP contribution is -2.50. The predicted molar refractivity (Wildman–Crippen MR) is 104 cm³/mol. The molecule has 1 aromatic carbocycles. The van der Waals surface area contributed by atoms with Gasteiger partial charge in [0.1, 0.15) is 0 Å². The normalized spacial score (nSPS) is 15.2. The van der Waals surface area contributed by atoms with E-state index in [4.69, 9.17) is 4.74 Å². The van der Waals surface area contributed by atoms with Gasteiger partial charge in [0.05, 0.1) is 11.5 Å². The van der Waals surface area contributed by atoms with Crippen LogP contribution < -0.4 is 4.74 Å². The van der Waals surface area contributed by atoms with Crippen molar-refractivity contribution in [3.8, 4) is 17.1 Å². The van der Waals surface area contributed by atoms with Crippen LogP contribution in [0, 0.1) is 0 Å². The van der Waals surface area contributed by atoms with Gasteiger partial charge in [-0.3, -0.25) is 4.79 Å². The van der Waals surface area contributed by atoms with Crippen molar-refractivity contribution in [1.82, 2.24) is 19.2 Å². The lowest BCUT2D eigenvalue weighted by molar-refractivity contribution is -0.127. The van der Waals surface area contributed by atoms with Crippen LogP contribution in [0.1, 0.15) is 6.92 Å². The Kier molecular flexibility index (Phi) is 6.05. The van der Waals surface area contributed by atoms with Gasteiger partial charge in [-0.2, -0.15) is 4.31 Å². The highest BCUT2D eigenvalue weighted by Crippen LogP contribution is 2.23. The SMILES string of the molecule is C=CC(=O)N1CCN(S(=O)(=O)c2ccc(-c3cnc(OCC)nc3)cc2)CC1. The average Bonchev–Trinajstić information content (AvgIpc) is 2.74. The fourth-order valence-electron chi connectivity index (χ4n) is 2.92. The van der Waals surface area contributed by atoms with Gasteiger partial charge in [0.2, 0.25) is 15.9 Å². The third-order valence-corrected chi connectivity index (χ3v) is 6.36. The van der Waals surface area contributed by atoms with Crippen LogP contribution in [0.25, 0.3) is 11.1 Å². The molecule has 0 radical (unpaired) electrons. The van der Waals surface area contributed by atoms with Gasteiger partial charge in [-0.05, 0) is 30.7 Å². The molecule has 1 aromatic heterocycles. The first kappa shape index (κ1) is 20.0. The zero-order chi connectivity index (χ0) is 20.1. The van der Waals surface area contributed by atoms with E-state index in [-0.39, 0.29) is 23.9 Å². The van der Waals surface area contributed by atoms with Crippen LogP contribution in [0.5, 0.6) is 6.01 Å². The molecule has 2 aromatic rings. The Hall–Kier alpha value is -2.78. The molecule has 1 aliphatic rings. The van der Waals surface area contributed by atoms with Gasteiger partial charge in [0.15, 0.2) is 0 Å². The molecule has 0 saturated carbocycles. The van der Waals surface area contributed by atoms with Crippen LogP contribution in [0.2, 0.25) is 0 Å². The molecule has 148 valence electrons. The van der Waals surface area contributed by atoms with Crippen molar-refractivity contribution in [2.24, 2.45) is 0 Å². The number of ether oxygens (including phenoxy) is 1. The van der Waals surface area contributed by atoms with Crippen molar-refractivity contribution in [3.63, 3.8) is 0 Å². The third-order valence-electron chi connectivity index (χ3n) is 4.45. The molecule has 1 aliphatic heterocycles. The Labute approximate surface area is 164 Å². The van der Waals surface area contributed by atoms with E-state index in [0.29, 0.717) is 25.7 Å². The smallest absolute Gasteiger partial charge is 0.316 e. The van der Waals surface area contributed by atoms with E-state index in [1.54, 1.807) is 41.6 Å². The molecule has 0 unspecified atom stereocenters. The van der Waals surface area contributed by atoms with Crippen molar-refractivity contribution in [2.45, 2.75) is 11.8 Å². The highest BCUT2D eigenvalue weighted by Gasteiger charge is 2.29. The zero-order valence-corrected chi connectivity index (χ0v) is 16.4. The molecule has 9 heteroatoms. The number of rotatable bonds is 6. The molecule has 1 amide bonds. The number of hydrogen-bond acceptors (Lipinski definition) is 6. The Morgan fingerprint density at radius 3 is 2.25 bits per heavy atom. The second-order valence-corrected chi connectivity index (χ2v) is 8.08. The predicted octanol–water partition coefficient (Wildman–Crippen LogP) is 1.56. The fraction of sp³-hybridized carbons (Fsp3) is 0.316. The van der Waals surface area contributed by atoms with E-state index in [0.717, 1.165) is 11.1 Å². The molecule has 3 rings (SSSR count). The van der Waals surface area contributed by atoms with Gasteiger partial charge < -0.3 is 9.64 Å². The molecule has 0 atom stereocenters. The summed E-state index contributed by atoms with van der Waals surface area (Å²) in [6.45, 7) is 7.03. The highest BCUT2D eigenvalue weighted by atomic mass is 32.2. The maximum Gasteiger partial charge on any atom is 0.316 e. The summed E-state index contributed by atoms with van der Waals surface area (Å²) >= 11 is 0. The van der Waals surface area contributed by atoms with Crippen LogP contribution in [-0.2, 0) is 14.8 Å². The van der Waals surface area contributed by atoms with Crippen LogP contribution in [0.15, 0.2) is 54.2 Å². The topological polar surface area (TPSA) is 92.7 Å². The second kappa shape index (κ2) is 8.49. The summed E-state index contributed by atoms with van der Waals surface area (Å²) in [5.41, 5.74) is 1.58. The number of benzene rings is 1.